The number of nitro groups is 1. The molecule has 0 aliphatic rings. The summed E-state index contributed by atoms with van der Waals surface area (Å²) in [6.07, 6.45) is -20.7. The number of hydrogen-bond donors (Lipinski definition) is 1. The summed E-state index contributed by atoms with van der Waals surface area (Å²) >= 11 is 0. The lowest BCUT2D eigenvalue weighted by Gasteiger charge is -2.38. The summed E-state index contributed by atoms with van der Waals surface area (Å²) in [6.45, 7) is 0.809. The average molecular weight is 398 g/mol. The normalized spacial score (nSPS) is 13.5. The standard InChI is InChI=1S/C12H7F9N2O3/c1-5(24)22-7-3-2-6(4-8(7)23(25)26)9(10(13,14)15,11(16,17)18)12(19,20)21/h2-4H,1H3,(H,22,24). The monoisotopic (exact) mass is 398 g/mol. The van der Waals surface area contributed by atoms with Crippen molar-refractivity contribution in [2.45, 2.75) is 30.9 Å². The molecule has 26 heavy (non-hydrogen) atoms. The van der Waals surface area contributed by atoms with E-state index in [2.05, 4.69) is 0 Å². The molecule has 0 aromatic heterocycles. The molecule has 0 bridgehead atoms. The summed E-state index contributed by atoms with van der Waals surface area (Å²) in [5.41, 5.74) is -11.2. The van der Waals surface area contributed by atoms with Gasteiger partial charge in [0.15, 0.2) is 0 Å². The summed E-state index contributed by atoms with van der Waals surface area (Å²) in [7, 11) is 0. The zero-order chi connectivity index (χ0) is 20.7. The number of rotatable bonds is 3. The second-order valence-corrected chi connectivity index (χ2v) is 4.91. The van der Waals surface area contributed by atoms with E-state index in [0.717, 1.165) is 6.92 Å². The molecule has 146 valence electrons. The van der Waals surface area contributed by atoms with E-state index in [4.69, 9.17) is 0 Å². The number of alkyl halides is 9. The van der Waals surface area contributed by atoms with Crippen LogP contribution in [0.5, 0.6) is 0 Å². The highest BCUT2D eigenvalue weighted by molar-refractivity contribution is 5.91. The summed E-state index contributed by atoms with van der Waals surface area (Å²) in [5.74, 6) is -0.991. The Balaban J connectivity index is 3.93. The minimum absolute atomic E-state index is 0.160. The summed E-state index contributed by atoms with van der Waals surface area (Å²) in [5, 5.41) is 12.6. The molecule has 0 unspecified atom stereocenters. The van der Waals surface area contributed by atoms with Crippen molar-refractivity contribution in [2.75, 3.05) is 5.32 Å². The van der Waals surface area contributed by atoms with Gasteiger partial charge >= 0.3 is 18.5 Å². The van der Waals surface area contributed by atoms with Crippen molar-refractivity contribution in [1.29, 1.82) is 0 Å². The maximum Gasteiger partial charge on any atom is 0.416 e. The van der Waals surface area contributed by atoms with E-state index < -0.39 is 57.8 Å². The zero-order valence-corrected chi connectivity index (χ0v) is 12.3. The molecule has 0 saturated heterocycles. The van der Waals surface area contributed by atoms with E-state index in [0.29, 0.717) is 0 Å². The fraction of sp³-hybridized carbons (Fsp3) is 0.417. The minimum atomic E-state index is -6.91. The van der Waals surface area contributed by atoms with Crippen LogP contribution < -0.4 is 5.32 Å². The molecule has 1 aromatic carbocycles. The number of nitro benzene ring substituents is 1. The first-order valence-electron chi connectivity index (χ1n) is 6.23. The lowest BCUT2D eigenvalue weighted by Crippen LogP contribution is -2.63. The third-order valence-corrected chi connectivity index (χ3v) is 3.21. The smallest absolute Gasteiger partial charge is 0.321 e. The van der Waals surface area contributed by atoms with Gasteiger partial charge in [0.2, 0.25) is 5.91 Å². The van der Waals surface area contributed by atoms with Gasteiger partial charge in [0, 0.05) is 13.0 Å². The number of anilines is 1. The van der Waals surface area contributed by atoms with Crippen LogP contribution in [0.15, 0.2) is 18.2 Å². The third kappa shape index (κ3) is 3.39. The fourth-order valence-corrected chi connectivity index (χ4v) is 2.18. The number of carbonyl (C=O) groups is 1. The van der Waals surface area contributed by atoms with Gasteiger partial charge in [0.05, 0.1) is 4.92 Å². The van der Waals surface area contributed by atoms with E-state index in [1.165, 1.54) is 0 Å². The molecule has 0 aliphatic heterocycles. The van der Waals surface area contributed by atoms with Crippen LogP contribution in [0.2, 0.25) is 0 Å². The Morgan fingerprint density at radius 1 is 0.962 bits per heavy atom. The van der Waals surface area contributed by atoms with Gasteiger partial charge in [0.25, 0.3) is 11.1 Å². The number of hydrogen-bond acceptors (Lipinski definition) is 3. The van der Waals surface area contributed by atoms with Crippen molar-refractivity contribution < 1.29 is 49.2 Å². The van der Waals surface area contributed by atoms with Crippen molar-refractivity contribution >= 4 is 17.3 Å². The molecule has 0 heterocycles. The molecule has 1 aromatic rings. The van der Waals surface area contributed by atoms with Gasteiger partial charge in [-0.2, -0.15) is 39.5 Å². The van der Waals surface area contributed by atoms with Gasteiger partial charge in [-0.1, -0.05) is 6.07 Å². The van der Waals surface area contributed by atoms with Gasteiger partial charge < -0.3 is 5.32 Å². The molecule has 0 fully saturated rings. The van der Waals surface area contributed by atoms with Gasteiger partial charge in [-0.15, -0.1) is 0 Å². The van der Waals surface area contributed by atoms with E-state index in [9.17, 15) is 54.4 Å². The molecule has 0 aliphatic carbocycles. The van der Waals surface area contributed by atoms with Crippen LogP contribution in [-0.2, 0) is 10.2 Å². The first-order chi connectivity index (χ1) is 11.5. The Morgan fingerprint density at radius 3 is 1.69 bits per heavy atom. The highest BCUT2D eigenvalue weighted by Gasteiger charge is 2.84. The molecule has 5 nitrogen and oxygen atoms in total. The molecule has 1 rings (SSSR count). The number of carbonyl (C=O) groups excluding carboxylic acids is 1. The van der Waals surface area contributed by atoms with Crippen LogP contribution in [0.3, 0.4) is 0 Å². The van der Waals surface area contributed by atoms with Gasteiger partial charge in [0.1, 0.15) is 5.69 Å². The van der Waals surface area contributed by atoms with Gasteiger partial charge in [-0.05, 0) is 11.6 Å². The zero-order valence-electron chi connectivity index (χ0n) is 12.3. The Hall–Kier alpha value is -2.54. The molecule has 1 N–H and O–H groups in total. The summed E-state index contributed by atoms with van der Waals surface area (Å²) in [6, 6.07) is -0.584. The van der Waals surface area contributed by atoms with E-state index >= 15 is 0 Å². The van der Waals surface area contributed by atoms with Crippen LogP contribution in [-0.4, -0.2) is 29.4 Å². The second-order valence-electron chi connectivity index (χ2n) is 4.91. The third-order valence-electron chi connectivity index (χ3n) is 3.21. The Kier molecular flexibility index (Phi) is 5.23. The van der Waals surface area contributed by atoms with E-state index in [1.54, 1.807) is 5.32 Å². The molecule has 0 spiro atoms. The van der Waals surface area contributed by atoms with Crippen LogP contribution >= 0.6 is 0 Å². The van der Waals surface area contributed by atoms with Crippen molar-refractivity contribution in [3.05, 3.63) is 33.9 Å². The molecule has 0 atom stereocenters. The van der Waals surface area contributed by atoms with Gasteiger partial charge in [-0.3, -0.25) is 14.9 Å². The summed E-state index contributed by atoms with van der Waals surface area (Å²) < 4.78 is 117. The van der Waals surface area contributed by atoms with Crippen molar-refractivity contribution in [3.8, 4) is 0 Å². The topological polar surface area (TPSA) is 72.2 Å². The number of nitrogens with zero attached hydrogens (tertiary/aromatic N) is 1. The number of halogens is 9. The summed E-state index contributed by atoms with van der Waals surface area (Å²) in [4.78, 5) is 20.2. The highest BCUT2D eigenvalue weighted by Crippen LogP contribution is 2.60. The first-order valence-corrected chi connectivity index (χ1v) is 6.23. The Morgan fingerprint density at radius 2 is 1.38 bits per heavy atom. The number of benzene rings is 1. The highest BCUT2D eigenvalue weighted by atomic mass is 19.4. The predicted octanol–water partition coefficient (Wildman–Crippen LogP) is 4.48. The van der Waals surface area contributed by atoms with Crippen LogP contribution in [0, 0.1) is 10.1 Å². The second kappa shape index (κ2) is 6.32. The minimum Gasteiger partial charge on any atom is -0.321 e. The SMILES string of the molecule is CC(=O)Nc1ccc(C(C(F)(F)F)(C(F)(F)F)C(F)(F)F)cc1[N+](=O)[O-]. The largest absolute Gasteiger partial charge is 0.416 e. The number of amides is 1. The fourth-order valence-electron chi connectivity index (χ4n) is 2.18. The van der Waals surface area contributed by atoms with Crippen LogP contribution in [0.4, 0.5) is 50.9 Å². The maximum atomic E-state index is 13.0. The molecule has 0 radical (unpaired) electrons. The van der Waals surface area contributed by atoms with E-state index in [-0.39, 0.29) is 12.1 Å². The molecule has 14 heteroatoms. The quantitative estimate of drug-likeness (QED) is 0.464. The van der Waals surface area contributed by atoms with Crippen molar-refractivity contribution in [2.24, 2.45) is 0 Å². The first kappa shape index (κ1) is 21.5. The lowest BCUT2D eigenvalue weighted by molar-refractivity contribution is -0.390. The number of nitrogens with one attached hydrogen (secondary N) is 1. The molecular weight excluding hydrogens is 391 g/mol. The predicted molar refractivity (Wildman–Crippen MR) is 67.2 cm³/mol. The molecule has 0 saturated carbocycles. The van der Waals surface area contributed by atoms with E-state index in [1.807, 2.05) is 0 Å². The van der Waals surface area contributed by atoms with Crippen molar-refractivity contribution in [3.63, 3.8) is 0 Å². The lowest BCUT2D eigenvalue weighted by atomic mass is 9.77. The molecular formula is C12H7F9N2O3. The maximum absolute atomic E-state index is 13.0. The Bertz CT molecular complexity index is 686. The average Bonchev–Trinajstić information content (AvgIpc) is 2.34. The van der Waals surface area contributed by atoms with Crippen molar-refractivity contribution in [1.82, 2.24) is 0 Å². The van der Waals surface area contributed by atoms with Crippen LogP contribution in [0.1, 0.15) is 12.5 Å². The van der Waals surface area contributed by atoms with Gasteiger partial charge in [-0.25, -0.2) is 0 Å². The van der Waals surface area contributed by atoms with Crippen LogP contribution in [0.25, 0.3) is 0 Å². The Labute approximate surface area is 137 Å². The molecule has 1 amide bonds.